The minimum atomic E-state index is -0.808. The highest BCUT2D eigenvalue weighted by molar-refractivity contribution is 5.76. The van der Waals surface area contributed by atoms with Gasteiger partial charge in [-0.3, -0.25) is 9.59 Å². The molecule has 0 aromatic heterocycles. The third-order valence-electron chi connectivity index (χ3n) is 3.15. The normalized spacial score (nSPS) is 18.3. The van der Waals surface area contributed by atoms with Gasteiger partial charge >= 0.3 is 5.97 Å². The molecule has 4 nitrogen and oxygen atoms in total. The highest BCUT2D eigenvalue weighted by Gasteiger charge is 2.19. The van der Waals surface area contributed by atoms with Crippen molar-refractivity contribution in [2.75, 3.05) is 0 Å². The molecule has 1 aliphatic carbocycles. The molecule has 1 amide bonds. The van der Waals surface area contributed by atoms with Crippen LogP contribution in [0.25, 0.3) is 0 Å². The quantitative estimate of drug-likeness (QED) is 0.728. The van der Waals surface area contributed by atoms with Crippen LogP contribution in [0.1, 0.15) is 51.9 Å². The van der Waals surface area contributed by atoms with Gasteiger partial charge in [0.1, 0.15) is 0 Å². The molecule has 1 unspecified atom stereocenters. The van der Waals surface area contributed by atoms with Gasteiger partial charge in [0.05, 0.1) is 0 Å². The third-order valence-corrected chi connectivity index (χ3v) is 3.15. The molecule has 0 aliphatic heterocycles. The number of hydrogen-bond acceptors (Lipinski definition) is 2. The van der Waals surface area contributed by atoms with Gasteiger partial charge in [-0.15, -0.1) is 0 Å². The summed E-state index contributed by atoms with van der Waals surface area (Å²) in [4.78, 5) is 22.0. The summed E-state index contributed by atoms with van der Waals surface area (Å²) in [5.74, 6) is -0.187. The van der Waals surface area contributed by atoms with E-state index in [0.717, 1.165) is 12.8 Å². The summed E-state index contributed by atoms with van der Waals surface area (Å²) >= 11 is 0. The van der Waals surface area contributed by atoms with Gasteiger partial charge < -0.3 is 10.4 Å². The molecular weight excluding hydrogens is 206 g/mol. The lowest BCUT2D eigenvalue weighted by Gasteiger charge is -2.14. The number of rotatable bonds is 6. The summed E-state index contributed by atoms with van der Waals surface area (Å²) in [6, 6.07) is -0.0370. The van der Waals surface area contributed by atoms with E-state index in [0.29, 0.717) is 18.8 Å². The largest absolute Gasteiger partial charge is 0.481 e. The predicted molar refractivity (Wildman–Crippen MR) is 61.0 cm³/mol. The minimum Gasteiger partial charge on any atom is -0.481 e. The summed E-state index contributed by atoms with van der Waals surface area (Å²) in [7, 11) is 0. The molecular formula is C12H21NO3. The highest BCUT2D eigenvalue weighted by atomic mass is 16.4. The molecule has 0 spiro atoms. The van der Waals surface area contributed by atoms with E-state index in [-0.39, 0.29) is 18.4 Å². The lowest BCUT2D eigenvalue weighted by molar-refractivity contribution is -0.137. The monoisotopic (exact) mass is 227 g/mol. The molecule has 1 atom stereocenters. The van der Waals surface area contributed by atoms with Crippen LogP contribution in [-0.2, 0) is 9.59 Å². The number of carboxylic acids is 1. The Kier molecular flexibility index (Phi) is 5.29. The van der Waals surface area contributed by atoms with Crippen LogP contribution in [-0.4, -0.2) is 23.0 Å². The maximum atomic E-state index is 11.6. The fourth-order valence-corrected chi connectivity index (χ4v) is 2.22. The molecule has 1 saturated carbocycles. The number of aliphatic carboxylic acids is 1. The molecule has 2 N–H and O–H groups in total. The topological polar surface area (TPSA) is 66.4 Å². The van der Waals surface area contributed by atoms with Gasteiger partial charge in [-0.25, -0.2) is 0 Å². The van der Waals surface area contributed by atoms with Crippen LogP contribution in [0.15, 0.2) is 0 Å². The first-order valence-corrected chi connectivity index (χ1v) is 6.09. The Morgan fingerprint density at radius 2 is 2.00 bits per heavy atom. The number of carboxylic acid groups (broad SMARTS) is 1. The number of amides is 1. The second-order valence-corrected chi connectivity index (χ2v) is 4.76. The molecule has 0 aromatic rings. The van der Waals surface area contributed by atoms with Gasteiger partial charge in [0, 0.05) is 18.9 Å². The van der Waals surface area contributed by atoms with Crippen molar-refractivity contribution in [2.45, 2.75) is 57.9 Å². The second-order valence-electron chi connectivity index (χ2n) is 4.76. The number of hydrogen-bond donors (Lipinski definition) is 2. The van der Waals surface area contributed by atoms with Crippen LogP contribution in [0.3, 0.4) is 0 Å². The SMILES string of the molecule is CC(CCC(=O)O)NC(=O)CC1CCCC1. The molecule has 4 heteroatoms. The van der Waals surface area contributed by atoms with Gasteiger partial charge in [0.15, 0.2) is 0 Å². The Bertz CT molecular complexity index is 247. The molecule has 92 valence electrons. The standard InChI is InChI=1S/C12H21NO3/c1-9(6-7-12(15)16)13-11(14)8-10-4-2-3-5-10/h9-10H,2-8H2,1H3,(H,13,14)(H,15,16). The molecule has 0 heterocycles. The van der Waals surface area contributed by atoms with Crippen molar-refractivity contribution in [2.24, 2.45) is 5.92 Å². The first-order chi connectivity index (χ1) is 7.58. The summed E-state index contributed by atoms with van der Waals surface area (Å²) in [6.07, 6.45) is 6.04. The highest BCUT2D eigenvalue weighted by Crippen LogP contribution is 2.27. The fourth-order valence-electron chi connectivity index (χ4n) is 2.22. The smallest absolute Gasteiger partial charge is 0.303 e. The van der Waals surface area contributed by atoms with Crippen molar-refractivity contribution >= 4 is 11.9 Å². The van der Waals surface area contributed by atoms with E-state index in [1.165, 1.54) is 12.8 Å². The van der Waals surface area contributed by atoms with Crippen LogP contribution in [0.5, 0.6) is 0 Å². The Labute approximate surface area is 96.4 Å². The Hall–Kier alpha value is -1.06. The summed E-state index contributed by atoms with van der Waals surface area (Å²) in [5.41, 5.74) is 0. The number of carbonyl (C=O) groups is 2. The third kappa shape index (κ3) is 5.14. The van der Waals surface area contributed by atoms with E-state index in [4.69, 9.17) is 5.11 Å². The van der Waals surface area contributed by atoms with E-state index in [2.05, 4.69) is 5.32 Å². The average molecular weight is 227 g/mol. The zero-order valence-electron chi connectivity index (χ0n) is 9.87. The van der Waals surface area contributed by atoms with E-state index < -0.39 is 5.97 Å². The van der Waals surface area contributed by atoms with Crippen molar-refractivity contribution in [1.29, 1.82) is 0 Å². The zero-order chi connectivity index (χ0) is 12.0. The van der Waals surface area contributed by atoms with E-state index in [1.807, 2.05) is 6.92 Å². The maximum absolute atomic E-state index is 11.6. The first kappa shape index (κ1) is 13.0. The van der Waals surface area contributed by atoms with Gasteiger partial charge in [0.2, 0.25) is 5.91 Å². The molecule has 0 radical (unpaired) electrons. The predicted octanol–water partition coefficient (Wildman–Crippen LogP) is 1.94. The van der Waals surface area contributed by atoms with Crippen molar-refractivity contribution in [3.8, 4) is 0 Å². The van der Waals surface area contributed by atoms with E-state index >= 15 is 0 Å². The lowest BCUT2D eigenvalue weighted by Crippen LogP contribution is -2.33. The molecule has 0 saturated heterocycles. The average Bonchev–Trinajstić information content (AvgIpc) is 2.67. The van der Waals surface area contributed by atoms with Gasteiger partial charge in [0.25, 0.3) is 0 Å². The fraction of sp³-hybridized carbons (Fsp3) is 0.833. The summed E-state index contributed by atoms with van der Waals surface area (Å²) in [6.45, 7) is 1.86. The van der Waals surface area contributed by atoms with Crippen LogP contribution >= 0.6 is 0 Å². The Morgan fingerprint density at radius 1 is 1.38 bits per heavy atom. The van der Waals surface area contributed by atoms with Crippen molar-refractivity contribution in [3.05, 3.63) is 0 Å². The van der Waals surface area contributed by atoms with E-state index in [1.54, 1.807) is 0 Å². The molecule has 1 rings (SSSR count). The molecule has 1 fully saturated rings. The van der Waals surface area contributed by atoms with Crippen molar-refractivity contribution in [1.82, 2.24) is 5.32 Å². The van der Waals surface area contributed by atoms with Crippen LogP contribution in [0, 0.1) is 5.92 Å². The first-order valence-electron chi connectivity index (χ1n) is 6.09. The van der Waals surface area contributed by atoms with Gasteiger partial charge in [-0.2, -0.15) is 0 Å². The molecule has 0 bridgehead atoms. The van der Waals surface area contributed by atoms with Gasteiger partial charge in [-0.1, -0.05) is 12.8 Å². The Morgan fingerprint density at radius 3 is 2.56 bits per heavy atom. The van der Waals surface area contributed by atoms with Crippen molar-refractivity contribution in [3.63, 3.8) is 0 Å². The number of nitrogens with one attached hydrogen (secondary N) is 1. The zero-order valence-corrected chi connectivity index (χ0v) is 9.87. The number of carbonyl (C=O) groups excluding carboxylic acids is 1. The summed E-state index contributed by atoms with van der Waals surface area (Å²) in [5, 5.41) is 11.4. The summed E-state index contributed by atoms with van der Waals surface area (Å²) < 4.78 is 0. The maximum Gasteiger partial charge on any atom is 0.303 e. The van der Waals surface area contributed by atoms with Crippen LogP contribution < -0.4 is 5.32 Å². The van der Waals surface area contributed by atoms with E-state index in [9.17, 15) is 9.59 Å². The molecule has 1 aliphatic rings. The van der Waals surface area contributed by atoms with Crippen LogP contribution in [0.4, 0.5) is 0 Å². The molecule has 16 heavy (non-hydrogen) atoms. The second kappa shape index (κ2) is 6.51. The van der Waals surface area contributed by atoms with Gasteiger partial charge in [-0.05, 0) is 32.1 Å². The minimum absolute atomic E-state index is 0.0370. The van der Waals surface area contributed by atoms with Crippen LogP contribution in [0.2, 0.25) is 0 Å². The van der Waals surface area contributed by atoms with Crippen molar-refractivity contribution < 1.29 is 14.7 Å². The Balaban J connectivity index is 2.14. The lowest BCUT2D eigenvalue weighted by atomic mass is 10.0. The molecule has 0 aromatic carbocycles.